The van der Waals surface area contributed by atoms with Gasteiger partial charge in [-0.3, -0.25) is 0 Å². The molecule has 3 rings (SSSR count). The van der Waals surface area contributed by atoms with E-state index in [0.717, 1.165) is 5.82 Å². The van der Waals surface area contributed by atoms with Crippen LogP contribution < -0.4 is 10.4 Å². The quantitative estimate of drug-likeness (QED) is 0.637. The average molecular weight is 466 g/mol. The predicted molar refractivity (Wildman–Crippen MR) is 111 cm³/mol. The second kappa shape index (κ2) is 9.13. The van der Waals surface area contributed by atoms with Crippen LogP contribution in [-0.2, 0) is 10.0 Å². The van der Waals surface area contributed by atoms with Crippen molar-refractivity contribution in [2.45, 2.75) is 6.04 Å². The van der Waals surface area contributed by atoms with Crippen molar-refractivity contribution in [3.63, 3.8) is 0 Å². The lowest BCUT2D eigenvalue weighted by molar-refractivity contribution is 0.133. The van der Waals surface area contributed by atoms with E-state index in [1.807, 2.05) is 11.0 Å². The highest BCUT2D eigenvalue weighted by molar-refractivity contribution is 7.89. The Morgan fingerprint density at radius 1 is 1.07 bits per heavy atom. The maximum absolute atomic E-state index is 12.8. The van der Waals surface area contributed by atoms with Crippen molar-refractivity contribution in [1.29, 1.82) is 0 Å². The second-order valence-electron chi connectivity index (χ2n) is 6.35. The first-order valence-electron chi connectivity index (χ1n) is 8.49. The minimum Gasteiger partial charge on any atom is -0.354 e. The molecule has 2 heterocycles. The van der Waals surface area contributed by atoms with Crippen LogP contribution in [0, 0.1) is 0 Å². The largest absolute Gasteiger partial charge is 0.354 e. The highest BCUT2D eigenvalue weighted by Gasteiger charge is 2.30. The van der Waals surface area contributed by atoms with Gasteiger partial charge in [-0.2, -0.15) is 9.79 Å². The van der Waals surface area contributed by atoms with Gasteiger partial charge in [0.2, 0.25) is 10.0 Å². The number of hydroxylamine groups is 1. The van der Waals surface area contributed by atoms with E-state index in [-0.39, 0.29) is 5.75 Å². The fourth-order valence-corrected chi connectivity index (χ4v) is 5.04. The Kier molecular flexibility index (Phi) is 7.03. The standard InChI is InChI=1S/C17H19Cl3N4O3S/c18-13-2-4-17(21-10-13)23-5-7-24(8-6-23)28(26,27)11-16(22-25)12-1-3-14(19)15(20)9-12/h1-4,9-10,16,22,25H,5-8,11H2. The molecule has 2 N–H and O–H groups in total. The van der Waals surface area contributed by atoms with E-state index in [0.29, 0.717) is 46.8 Å². The van der Waals surface area contributed by atoms with Crippen molar-refractivity contribution in [1.82, 2.24) is 14.8 Å². The minimum atomic E-state index is -3.61. The zero-order chi connectivity index (χ0) is 20.3. The lowest BCUT2D eigenvalue weighted by Crippen LogP contribution is -2.50. The Hall–Kier alpha value is -1.13. The number of pyridine rings is 1. The third-order valence-corrected chi connectivity index (χ3v) is 7.42. The molecule has 2 aromatic rings. The van der Waals surface area contributed by atoms with Crippen LogP contribution in [-0.4, -0.2) is 54.8 Å². The monoisotopic (exact) mass is 464 g/mol. The molecule has 1 aliphatic rings. The number of sulfonamides is 1. The molecule has 0 amide bonds. The molecule has 0 spiro atoms. The van der Waals surface area contributed by atoms with Crippen molar-refractivity contribution >= 4 is 50.6 Å². The van der Waals surface area contributed by atoms with Gasteiger partial charge in [-0.1, -0.05) is 40.9 Å². The van der Waals surface area contributed by atoms with E-state index in [2.05, 4.69) is 10.5 Å². The van der Waals surface area contributed by atoms with E-state index >= 15 is 0 Å². The van der Waals surface area contributed by atoms with E-state index < -0.39 is 16.1 Å². The Bertz CT molecular complexity index is 920. The van der Waals surface area contributed by atoms with Crippen molar-refractivity contribution in [3.8, 4) is 0 Å². The highest BCUT2D eigenvalue weighted by Crippen LogP contribution is 2.27. The fraction of sp³-hybridized carbons (Fsp3) is 0.353. The summed E-state index contributed by atoms with van der Waals surface area (Å²) in [5, 5.41) is 10.7. The molecule has 1 atom stereocenters. The van der Waals surface area contributed by atoms with Crippen LogP contribution in [0.2, 0.25) is 15.1 Å². The molecular formula is C17H19Cl3N4O3S. The number of nitrogens with one attached hydrogen (secondary N) is 1. The molecule has 0 saturated carbocycles. The summed E-state index contributed by atoms with van der Waals surface area (Å²) < 4.78 is 27.1. The van der Waals surface area contributed by atoms with E-state index in [1.165, 1.54) is 10.4 Å². The molecule has 11 heteroatoms. The van der Waals surface area contributed by atoms with Gasteiger partial charge in [-0.25, -0.2) is 13.4 Å². The third-order valence-electron chi connectivity index (χ3n) is 4.55. The van der Waals surface area contributed by atoms with Crippen LogP contribution in [0.15, 0.2) is 36.5 Å². The van der Waals surface area contributed by atoms with Gasteiger partial charge in [0.1, 0.15) is 5.82 Å². The predicted octanol–water partition coefficient (Wildman–Crippen LogP) is 3.21. The summed E-state index contributed by atoms with van der Waals surface area (Å²) in [5.74, 6) is 0.452. The third kappa shape index (κ3) is 5.07. The molecule has 1 unspecified atom stereocenters. The van der Waals surface area contributed by atoms with Crippen LogP contribution >= 0.6 is 34.8 Å². The number of nitrogens with zero attached hydrogens (tertiary/aromatic N) is 3. The van der Waals surface area contributed by atoms with Crippen molar-refractivity contribution in [3.05, 3.63) is 57.2 Å². The first kappa shape index (κ1) is 21.6. The number of benzene rings is 1. The second-order valence-corrected chi connectivity index (χ2v) is 9.62. The van der Waals surface area contributed by atoms with Crippen LogP contribution in [0.1, 0.15) is 11.6 Å². The van der Waals surface area contributed by atoms with Gasteiger partial charge in [-0.15, -0.1) is 0 Å². The van der Waals surface area contributed by atoms with Crippen molar-refractivity contribution < 1.29 is 13.6 Å². The summed E-state index contributed by atoms with van der Waals surface area (Å²) in [6.45, 7) is 1.67. The normalized spacial score (nSPS) is 16.9. The molecule has 1 aromatic carbocycles. The van der Waals surface area contributed by atoms with E-state index in [9.17, 15) is 13.6 Å². The first-order valence-corrected chi connectivity index (χ1v) is 11.2. The van der Waals surface area contributed by atoms with E-state index in [1.54, 1.807) is 24.4 Å². The number of aromatic nitrogens is 1. The number of piperazine rings is 1. The topological polar surface area (TPSA) is 85.8 Å². The number of hydrogen-bond donors (Lipinski definition) is 2. The molecule has 152 valence electrons. The molecular weight excluding hydrogens is 447 g/mol. The Balaban J connectivity index is 1.65. The summed E-state index contributed by atoms with van der Waals surface area (Å²) in [6.07, 6.45) is 1.56. The van der Waals surface area contributed by atoms with Gasteiger partial charge in [0.25, 0.3) is 0 Å². The van der Waals surface area contributed by atoms with Gasteiger partial charge in [0.15, 0.2) is 0 Å². The number of halogens is 3. The molecule has 0 aliphatic carbocycles. The van der Waals surface area contributed by atoms with Crippen molar-refractivity contribution in [2.24, 2.45) is 0 Å². The van der Waals surface area contributed by atoms with Gasteiger partial charge in [0.05, 0.1) is 26.9 Å². The maximum atomic E-state index is 12.8. The number of rotatable bonds is 6. The SMILES string of the molecule is O=S(=O)(CC(NO)c1ccc(Cl)c(Cl)c1)N1CCN(c2ccc(Cl)cn2)CC1. The summed E-state index contributed by atoms with van der Waals surface area (Å²) in [5.41, 5.74) is 2.59. The molecule has 1 aromatic heterocycles. The Labute approximate surface area is 178 Å². The molecule has 1 fully saturated rings. The fourth-order valence-electron chi connectivity index (χ4n) is 3.00. The van der Waals surface area contributed by atoms with Crippen LogP contribution in [0.3, 0.4) is 0 Å². The van der Waals surface area contributed by atoms with Crippen molar-refractivity contribution in [2.75, 3.05) is 36.8 Å². The summed E-state index contributed by atoms with van der Waals surface area (Å²) in [6, 6.07) is 7.47. The summed E-state index contributed by atoms with van der Waals surface area (Å²) in [4.78, 5) is 6.27. The molecule has 7 nitrogen and oxygen atoms in total. The zero-order valence-corrected chi connectivity index (χ0v) is 17.8. The minimum absolute atomic E-state index is 0.292. The summed E-state index contributed by atoms with van der Waals surface area (Å²) in [7, 11) is -3.61. The molecule has 0 bridgehead atoms. The molecule has 1 aliphatic heterocycles. The van der Waals surface area contributed by atoms with Gasteiger partial charge in [-0.05, 0) is 29.8 Å². The van der Waals surface area contributed by atoms with Gasteiger partial charge >= 0.3 is 0 Å². The maximum Gasteiger partial charge on any atom is 0.216 e. The molecule has 1 saturated heterocycles. The van der Waals surface area contributed by atoms with Crippen LogP contribution in [0.25, 0.3) is 0 Å². The summed E-state index contributed by atoms with van der Waals surface area (Å²) >= 11 is 17.7. The first-order chi connectivity index (χ1) is 13.3. The molecule has 28 heavy (non-hydrogen) atoms. The molecule has 0 radical (unpaired) electrons. The highest BCUT2D eigenvalue weighted by atomic mass is 35.5. The van der Waals surface area contributed by atoms with Gasteiger partial charge < -0.3 is 10.1 Å². The Morgan fingerprint density at radius 3 is 2.36 bits per heavy atom. The Morgan fingerprint density at radius 2 is 1.79 bits per heavy atom. The lowest BCUT2D eigenvalue weighted by Gasteiger charge is -2.35. The average Bonchev–Trinajstić information content (AvgIpc) is 2.69. The number of hydrogen-bond acceptors (Lipinski definition) is 6. The van der Waals surface area contributed by atoms with E-state index in [4.69, 9.17) is 34.8 Å². The van der Waals surface area contributed by atoms with Gasteiger partial charge in [0, 0.05) is 32.4 Å². The van der Waals surface area contributed by atoms with Crippen LogP contribution in [0.4, 0.5) is 5.82 Å². The zero-order valence-electron chi connectivity index (χ0n) is 14.7. The smallest absolute Gasteiger partial charge is 0.216 e. The van der Waals surface area contributed by atoms with Crippen LogP contribution in [0.5, 0.6) is 0 Å². The lowest BCUT2D eigenvalue weighted by atomic mass is 10.1. The number of anilines is 1.